The largest absolute Gasteiger partial charge is 0.465 e. The number of carbonyl (C=O) groups excluding carboxylic acids is 3. The third kappa shape index (κ3) is 11.2. The van der Waals surface area contributed by atoms with Gasteiger partial charge in [-0.25, -0.2) is 14.4 Å². The Labute approximate surface area is 261 Å². The molecular weight excluding hydrogens is 558 g/mol. The SMILES string of the molecule is COC(=O)c1ccc(COCC(C)(C)CN(Cc2ccc(COC(=O)c3cc(C)cc(C)c3)cc2)C(=O)OC(C)(C)C)cc1. The van der Waals surface area contributed by atoms with E-state index in [9.17, 15) is 14.4 Å². The molecule has 0 bridgehead atoms. The number of rotatable bonds is 12. The van der Waals surface area contributed by atoms with Gasteiger partial charge in [-0.3, -0.25) is 0 Å². The van der Waals surface area contributed by atoms with Crippen molar-refractivity contribution in [2.45, 2.75) is 73.8 Å². The van der Waals surface area contributed by atoms with Gasteiger partial charge in [0, 0.05) is 18.5 Å². The zero-order chi connectivity index (χ0) is 32.5. The minimum absolute atomic E-state index is 0.150. The van der Waals surface area contributed by atoms with Crippen LogP contribution in [0, 0.1) is 19.3 Å². The number of aryl methyl sites for hydroxylation is 2. The first-order valence-electron chi connectivity index (χ1n) is 14.7. The molecule has 0 aromatic heterocycles. The van der Waals surface area contributed by atoms with Crippen molar-refractivity contribution >= 4 is 18.0 Å². The molecule has 3 aromatic rings. The number of nitrogens with zero attached hydrogens (tertiary/aromatic N) is 1. The lowest BCUT2D eigenvalue weighted by molar-refractivity contribution is -0.000932. The lowest BCUT2D eigenvalue weighted by Gasteiger charge is -2.34. The number of methoxy groups -OCH3 is 1. The van der Waals surface area contributed by atoms with Crippen molar-refractivity contribution < 1.29 is 33.3 Å². The molecule has 0 atom stereocenters. The van der Waals surface area contributed by atoms with Crippen LogP contribution in [0.4, 0.5) is 4.79 Å². The fourth-order valence-electron chi connectivity index (χ4n) is 4.66. The molecule has 0 spiro atoms. The molecule has 0 saturated carbocycles. The van der Waals surface area contributed by atoms with Gasteiger partial charge in [0.15, 0.2) is 0 Å². The molecule has 44 heavy (non-hydrogen) atoms. The van der Waals surface area contributed by atoms with Gasteiger partial charge in [-0.2, -0.15) is 0 Å². The topological polar surface area (TPSA) is 91.4 Å². The molecular formula is C36H45NO7. The highest BCUT2D eigenvalue weighted by atomic mass is 16.6. The number of hydrogen-bond donors (Lipinski definition) is 0. The van der Waals surface area contributed by atoms with E-state index in [0.29, 0.717) is 37.4 Å². The molecule has 0 aliphatic heterocycles. The maximum Gasteiger partial charge on any atom is 0.410 e. The van der Waals surface area contributed by atoms with E-state index >= 15 is 0 Å². The Bertz CT molecular complexity index is 1400. The Kier molecular flexibility index (Phi) is 11.7. The molecule has 0 heterocycles. The second kappa shape index (κ2) is 15.0. The summed E-state index contributed by atoms with van der Waals surface area (Å²) >= 11 is 0. The first-order valence-corrected chi connectivity index (χ1v) is 14.7. The van der Waals surface area contributed by atoms with E-state index in [4.69, 9.17) is 18.9 Å². The monoisotopic (exact) mass is 603 g/mol. The maximum absolute atomic E-state index is 13.2. The smallest absolute Gasteiger partial charge is 0.410 e. The van der Waals surface area contributed by atoms with E-state index in [1.165, 1.54) is 7.11 Å². The molecule has 0 N–H and O–H groups in total. The minimum atomic E-state index is -0.643. The van der Waals surface area contributed by atoms with Gasteiger partial charge in [-0.1, -0.05) is 67.4 Å². The average Bonchev–Trinajstić information content (AvgIpc) is 2.94. The normalized spacial score (nSPS) is 11.5. The summed E-state index contributed by atoms with van der Waals surface area (Å²) in [5.41, 5.74) is 4.71. The van der Waals surface area contributed by atoms with Crippen LogP contribution in [0.2, 0.25) is 0 Å². The van der Waals surface area contributed by atoms with Gasteiger partial charge in [0.25, 0.3) is 0 Å². The minimum Gasteiger partial charge on any atom is -0.465 e. The summed E-state index contributed by atoms with van der Waals surface area (Å²) in [5.74, 6) is -0.744. The van der Waals surface area contributed by atoms with Crippen molar-refractivity contribution in [2.24, 2.45) is 5.41 Å². The van der Waals surface area contributed by atoms with E-state index in [2.05, 4.69) is 0 Å². The summed E-state index contributed by atoms with van der Waals surface area (Å²) in [5, 5.41) is 0. The summed E-state index contributed by atoms with van der Waals surface area (Å²) in [6.45, 7) is 15.2. The summed E-state index contributed by atoms with van der Waals surface area (Å²) < 4.78 is 22.0. The number of carbonyl (C=O) groups is 3. The summed E-state index contributed by atoms with van der Waals surface area (Å²) in [6, 6.07) is 20.4. The van der Waals surface area contributed by atoms with E-state index in [1.54, 1.807) is 17.0 Å². The van der Waals surface area contributed by atoms with Gasteiger partial charge in [0.05, 0.1) is 31.5 Å². The molecule has 8 heteroatoms. The Balaban J connectivity index is 1.61. The zero-order valence-electron chi connectivity index (χ0n) is 27.2. The lowest BCUT2D eigenvalue weighted by Crippen LogP contribution is -2.43. The van der Waals surface area contributed by atoms with Gasteiger partial charge >= 0.3 is 18.0 Å². The maximum atomic E-state index is 13.2. The fourth-order valence-corrected chi connectivity index (χ4v) is 4.66. The molecule has 0 fully saturated rings. The van der Waals surface area contributed by atoms with E-state index < -0.39 is 11.7 Å². The quantitative estimate of drug-likeness (QED) is 0.157. The van der Waals surface area contributed by atoms with Gasteiger partial charge in [0.2, 0.25) is 0 Å². The van der Waals surface area contributed by atoms with Gasteiger partial charge in [0.1, 0.15) is 12.2 Å². The van der Waals surface area contributed by atoms with E-state index in [-0.39, 0.29) is 24.0 Å². The van der Waals surface area contributed by atoms with Crippen LogP contribution in [-0.2, 0) is 38.7 Å². The Hall–Kier alpha value is -4.17. The summed E-state index contributed by atoms with van der Waals surface area (Å²) in [6.07, 6.45) is -0.407. The van der Waals surface area contributed by atoms with Crippen LogP contribution in [0.1, 0.15) is 83.2 Å². The molecule has 3 aromatic carbocycles. The molecule has 0 aliphatic rings. The van der Waals surface area contributed by atoms with Crippen LogP contribution in [-0.4, -0.2) is 48.8 Å². The second-order valence-electron chi connectivity index (χ2n) is 13.0. The van der Waals surface area contributed by atoms with Crippen molar-refractivity contribution in [3.8, 4) is 0 Å². The fraction of sp³-hybridized carbons (Fsp3) is 0.417. The van der Waals surface area contributed by atoms with Gasteiger partial charge in [-0.15, -0.1) is 0 Å². The summed E-state index contributed by atoms with van der Waals surface area (Å²) in [7, 11) is 1.35. The first-order chi connectivity index (χ1) is 20.6. The molecule has 0 radical (unpaired) electrons. The Morgan fingerprint density at radius 2 is 1.25 bits per heavy atom. The molecule has 1 amide bonds. The molecule has 8 nitrogen and oxygen atoms in total. The lowest BCUT2D eigenvalue weighted by atomic mass is 9.93. The Morgan fingerprint density at radius 3 is 1.82 bits per heavy atom. The van der Waals surface area contributed by atoms with E-state index in [1.807, 2.05) is 103 Å². The summed E-state index contributed by atoms with van der Waals surface area (Å²) in [4.78, 5) is 39.2. The zero-order valence-corrected chi connectivity index (χ0v) is 27.2. The van der Waals surface area contributed by atoms with Crippen LogP contribution in [0.25, 0.3) is 0 Å². The van der Waals surface area contributed by atoms with Crippen molar-refractivity contribution in [3.05, 3.63) is 106 Å². The van der Waals surface area contributed by atoms with Crippen LogP contribution in [0.5, 0.6) is 0 Å². The number of amides is 1. The van der Waals surface area contributed by atoms with Gasteiger partial charge in [-0.05, 0) is 75.6 Å². The second-order valence-corrected chi connectivity index (χ2v) is 13.0. The number of hydrogen-bond acceptors (Lipinski definition) is 7. The predicted octanol–water partition coefficient (Wildman–Crippen LogP) is 7.43. The highest BCUT2D eigenvalue weighted by molar-refractivity contribution is 5.90. The highest BCUT2D eigenvalue weighted by Crippen LogP contribution is 2.23. The van der Waals surface area contributed by atoms with Gasteiger partial charge < -0.3 is 23.8 Å². The van der Waals surface area contributed by atoms with Crippen LogP contribution in [0.3, 0.4) is 0 Å². The number of esters is 2. The predicted molar refractivity (Wildman–Crippen MR) is 169 cm³/mol. The molecule has 236 valence electrons. The van der Waals surface area contributed by atoms with Crippen molar-refractivity contribution in [1.82, 2.24) is 4.90 Å². The number of benzene rings is 3. The molecule has 0 aliphatic carbocycles. The van der Waals surface area contributed by atoms with Crippen LogP contribution < -0.4 is 0 Å². The molecule has 0 unspecified atom stereocenters. The van der Waals surface area contributed by atoms with Crippen LogP contribution in [0.15, 0.2) is 66.7 Å². The third-order valence-electron chi connectivity index (χ3n) is 6.63. The Morgan fingerprint density at radius 1 is 0.705 bits per heavy atom. The average molecular weight is 604 g/mol. The van der Waals surface area contributed by atoms with E-state index in [0.717, 1.165) is 27.8 Å². The molecule has 0 saturated heterocycles. The highest BCUT2D eigenvalue weighted by Gasteiger charge is 2.29. The van der Waals surface area contributed by atoms with Crippen molar-refractivity contribution in [3.63, 3.8) is 0 Å². The molecule has 3 rings (SSSR count). The van der Waals surface area contributed by atoms with Crippen molar-refractivity contribution in [1.29, 1.82) is 0 Å². The first kappa shape index (κ1) is 34.3. The van der Waals surface area contributed by atoms with Crippen LogP contribution >= 0.6 is 0 Å². The number of ether oxygens (including phenoxy) is 4. The van der Waals surface area contributed by atoms with Crippen molar-refractivity contribution in [2.75, 3.05) is 20.3 Å². The standard InChI is InChI=1S/C36H45NO7/c1-25-17-26(2)19-31(18-25)33(39)43-22-29-11-9-27(10-12-29)20-37(34(40)44-35(3,4)5)23-36(6,7)24-42-21-28-13-15-30(16-14-28)32(38)41-8/h9-19H,20-24H2,1-8H3. The third-order valence-corrected chi connectivity index (χ3v) is 6.63.